The molecule has 0 radical (unpaired) electrons. The number of hydrogen-bond acceptors (Lipinski definition) is 3. The zero-order valence-corrected chi connectivity index (χ0v) is 10.7. The largest absolute Gasteiger partial charge is 0.398 e. The summed E-state index contributed by atoms with van der Waals surface area (Å²) in [5, 5.41) is 0. The number of anilines is 2. The highest BCUT2D eigenvalue weighted by Gasteiger charge is 2.17. The molecule has 1 amide bonds. The number of hydrogen-bond donors (Lipinski definition) is 1. The van der Waals surface area contributed by atoms with Gasteiger partial charge in [0.1, 0.15) is 5.82 Å². The predicted octanol–water partition coefficient (Wildman–Crippen LogP) is 2.39. The molecule has 0 spiro atoms. The maximum atomic E-state index is 13.2. The van der Waals surface area contributed by atoms with E-state index in [2.05, 4.69) is 4.98 Å². The van der Waals surface area contributed by atoms with Crippen molar-refractivity contribution in [3.63, 3.8) is 0 Å². The van der Waals surface area contributed by atoms with Gasteiger partial charge in [-0.2, -0.15) is 0 Å². The van der Waals surface area contributed by atoms with E-state index in [0.29, 0.717) is 16.9 Å². The number of nitrogens with two attached hydrogens (primary N) is 1. The van der Waals surface area contributed by atoms with Gasteiger partial charge in [-0.3, -0.25) is 9.78 Å². The summed E-state index contributed by atoms with van der Waals surface area (Å²) >= 11 is 0. The molecule has 0 aliphatic carbocycles. The van der Waals surface area contributed by atoms with Crippen molar-refractivity contribution in [1.29, 1.82) is 0 Å². The van der Waals surface area contributed by atoms with Gasteiger partial charge in [0.2, 0.25) is 0 Å². The Morgan fingerprint density at radius 2 is 2.11 bits per heavy atom. The number of carbonyl (C=O) groups excluding carboxylic acids is 1. The molecule has 0 saturated heterocycles. The van der Waals surface area contributed by atoms with Gasteiger partial charge < -0.3 is 10.6 Å². The normalized spacial score (nSPS) is 10.3. The van der Waals surface area contributed by atoms with Crippen molar-refractivity contribution in [2.24, 2.45) is 0 Å². The number of benzene rings is 1. The van der Waals surface area contributed by atoms with Crippen LogP contribution < -0.4 is 10.6 Å². The molecule has 0 fully saturated rings. The van der Waals surface area contributed by atoms with Gasteiger partial charge in [-0.05, 0) is 31.2 Å². The van der Waals surface area contributed by atoms with Crippen LogP contribution in [-0.4, -0.2) is 17.9 Å². The molecule has 2 rings (SSSR count). The number of aromatic nitrogens is 1. The first kappa shape index (κ1) is 13.0. The minimum Gasteiger partial charge on any atom is -0.398 e. The van der Waals surface area contributed by atoms with Gasteiger partial charge in [0.05, 0.1) is 5.56 Å². The Bertz CT molecular complexity index is 628. The van der Waals surface area contributed by atoms with Crippen molar-refractivity contribution < 1.29 is 9.18 Å². The van der Waals surface area contributed by atoms with Gasteiger partial charge in [-0.25, -0.2) is 4.39 Å². The zero-order chi connectivity index (χ0) is 14.0. The topological polar surface area (TPSA) is 59.2 Å². The van der Waals surface area contributed by atoms with Crippen molar-refractivity contribution in [3.8, 4) is 0 Å². The minimum atomic E-state index is -0.396. The lowest BCUT2D eigenvalue weighted by molar-refractivity contribution is 0.0993. The number of halogens is 1. The van der Waals surface area contributed by atoms with Crippen LogP contribution in [0.4, 0.5) is 15.8 Å². The Morgan fingerprint density at radius 1 is 1.37 bits per heavy atom. The van der Waals surface area contributed by atoms with Gasteiger partial charge in [0.15, 0.2) is 0 Å². The van der Waals surface area contributed by atoms with E-state index in [4.69, 9.17) is 5.73 Å². The van der Waals surface area contributed by atoms with E-state index in [1.807, 2.05) is 0 Å². The van der Waals surface area contributed by atoms with Crippen LogP contribution >= 0.6 is 0 Å². The molecule has 2 aromatic rings. The van der Waals surface area contributed by atoms with Gasteiger partial charge in [0.25, 0.3) is 5.91 Å². The number of pyridine rings is 1. The van der Waals surface area contributed by atoms with E-state index in [1.54, 1.807) is 32.2 Å². The number of nitrogens with zero attached hydrogens (tertiary/aromatic N) is 2. The number of nitrogen functional groups attached to an aromatic ring is 1. The number of rotatable bonds is 2. The molecule has 0 bridgehead atoms. The summed E-state index contributed by atoms with van der Waals surface area (Å²) in [6.07, 6.45) is 1.43. The zero-order valence-electron chi connectivity index (χ0n) is 10.7. The third kappa shape index (κ3) is 2.70. The average Bonchev–Trinajstić information content (AvgIpc) is 2.37. The fraction of sp³-hybridized carbons (Fsp3) is 0.143. The fourth-order valence-corrected chi connectivity index (χ4v) is 1.74. The fourth-order valence-electron chi connectivity index (χ4n) is 1.74. The minimum absolute atomic E-state index is 0.303. The second kappa shape index (κ2) is 5.06. The molecule has 0 aliphatic heterocycles. The van der Waals surface area contributed by atoms with E-state index < -0.39 is 5.82 Å². The van der Waals surface area contributed by atoms with Crippen molar-refractivity contribution in [1.82, 2.24) is 4.98 Å². The third-order valence-corrected chi connectivity index (χ3v) is 2.80. The third-order valence-electron chi connectivity index (χ3n) is 2.80. The SMILES string of the molecule is Cc1cc(N)c(C(=O)N(C)c2cccc(F)c2)cn1. The second-order valence-corrected chi connectivity index (χ2v) is 4.26. The lowest BCUT2D eigenvalue weighted by Gasteiger charge is -2.18. The lowest BCUT2D eigenvalue weighted by atomic mass is 10.2. The molecule has 19 heavy (non-hydrogen) atoms. The highest BCUT2D eigenvalue weighted by atomic mass is 19.1. The maximum Gasteiger partial charge on any atom is 0.261 e. The van der Waals surface area contributed by atoms with E-state index in [-0.39, 0.29) is 5.91 Å². The summed E-state index contributed by atoms with van der Waals surface area (Å²) in [4.78, 5) is 17.7. The van der Waals surface area contributed by atoms with Crippen molar-refractivity contribution in [2.75, 3.05) is 17.7 Å². The molecule has 1 aromatic carbocycles. The summed E-state index contributed by atoms with van der Waals surface area (Å²) in [6.45, 7) is 1.79. The lowest BCUT2D eigenvalue weighted by Crippen LogP contribution is -2.27. The van der Waals surface area contributed by atoms with Crippen molar-refractivity contribution in [3.05, 3.63) is 53.6 Å². The molecule has 1 aromatic heterocycles. The van der Waals surface area contributed by atoms with E-state index >= 15 is 0 Å². The Hall–Kier alpha value is -2.43. The van der Waals surface area contributed by atoms with Gasteiger partial charge in [-0.1, -0.05) is 6.07 Å². The van der Waals surface area contributed by atoms with E-state index in [0.717, 1.165) is 5.69 Å². The number of amides is 1. The highest BCUT2D eigenvalue weighted by Crippen LogP contribution is 2.19. The molecule has 4 nitrogen and oxygen atoms in total. The first-order chi connectivity index (χ1) is 8.99. The highest BCUT2D eigenvalue weighted by molar-refractivity contribution is 6.08. The second-order valence-electron chi connectivity index (χ2n) is 4.26. The van der Waals surface area contributed by atoms with E-state index in [1.165, 1.54) is 23.2 Å². The van der Waals surface area contributed by atoms with Crippen LogP contribution in [0.15, 0.2) is 36.5 Å². The summed E-state index contributed by atoms with van der Waals surface area (Å²) in [5.74, 6) is -0.720. The van der Waals surface area contributed by atoms with Crippen molar-refractivity contribution >= 4 is 17.3 Å². The molecule has 1 heterocycles. The van der Waals surface area contributed by atoms with Crippen LogP contribution in [0.2, 0.25) is 0 Å². The standard InChI is InChI=1S/C14H14FN3O/c1-9-6-13(16)12(8-17-9)14(19)18(2)11-5-3-4-10(15)7-11/h3-8H,1-2H3,(H2,16,17). The molecule has 98 valence electrons. The molecular weight excluding hydrogens is 245 g/mol. The molecule has 0 saturated carbocycles. The smallest absolute Gasteiger partial charge is 0.261 e. The van der Waals surface area contributed by atoms with Crippen LogP contribution in [0, 0.1) is 12.7 Å². The van der Waals surface area contributed by atoms with Gasteiger partial charge in [-0.15, -0.1) is 0 Å². The Kier molecular flexibility index (Phi) is 3.46. The molecule has 5 heteroatoms. The van der Waals surface area contributed by atoms with Crippen LogP contribution in [-0.2, 0) is 0 Å². The van der Waals surface area contributed by atoms with Gasteiger partial charge in [0, 0.05) is 30.3 Å². The average molecular weight is 259 g/mol. The number of carbonyl (C=O) groups is 1. The monoisotopic (exact) mass is 259 g/mol. The molecule has 0 atom stereocenters. The molecular formula is C14H14FN3O. The van der Waals surface area contributed by atoms with Crippen LogP contribution in [0.5, 0.6) is 0 Å². The Balaban J connectivity index is 2.33. The molecule has 0 aliphatic rings. The number of aryl methyl sites for hydroxylation is 1. The molecule has 2 N–H and O–H groups in total. The first-order valence-corrected chi connectivity index (χ1v) is 5.75. The van der Waals surface area contributed by atoms with Crippen LogP contribution in [0.3, 0.4) is 0 Å². The Labute approximate surface area is 110 Å². The van der Waals surface area contributed by atoms with Crippen LogP contribution in [0.1, 0.15) is 16.1 Å². The quantitative estimate of drug-likeness (QED) is 0.900. The summed E-state index contributed by atoms with van der Waals surface area (Å²) in [7, 11) is 1.57. The summed E-state index contributed by atoms with van der Waals surface area (Å²) < 4.78 is 13.2. The van der Waals surface area contributed by atoms with Gasteiger partial charge >= 0.3 is 0 Å². The first-order valence-electron chi connectivity index (χ1n) is 5.75. The van der Waals surface area contributed by atoms with E-state index in [9.17, 15) is 9.18 Å². The summed E-state index contributed by atoms with van der Waals surface area (Å²) in [5.41, 5.74) is 7.67. The van der Waals surface area contributed by atoms with Crippen molar-refractivity contribution in [2.45, 2.75) is 6.92 Å². The summed E-state index contributed by atoms with van der Waals surface area (Å²) in [6, 6.07) is 7.44. The molecule has 0 unspecified atom stereocenters. The predicted molar refractivity (Wildman–Crippen MR) is 72.5 cm³/mol. The maximum absolute atomic E-state index is 13.2. The van der Waals surface area contributed by atoms with Crippen LogP contribution in [0.25, 0.3) is 0 Å². The Morgan fingerprint density at radius 3 is 2.74 bits per heavy atom.